The summed E-state index contributed by atoms with van der Waals surface area (Å²) in [5.74, 6) is 0.510. The predicted octanol–water partition coefficient (Wildman–Crippen LogP) is 2.00. The number of hydrogen-bond donors (Lipinski definition) is 1. The van der Waals surface area contributed by atoms with Gasteiger partial charge in [0.15, 0.2) is 0 Å². The molecule has 122 valence electrons. The van der Waals surface area contributed by atoms with Crippen molar-refractivity contribution in [2.45, 2.75) is 26.8 Å². The highest BCUT2D eigenvalue weighted by atomic mass is 16.4. The molecule has 3 aromatic rings. The molecule has 2 heterocycles. The number of nitrogens with zero attached hydrogens (tertiary/aromatic N) is 4. The zero-order chi connectivity index (χ0) is 16.9. The second-order valence-corrected chi connectivity index (χ2v) is 5.42. The Morgan fingerprint density at radius 3 is 2.71 bits per heavy atom. The number of carbonyl (C=O) groups excluding carboxylic acids is 1. The van der Waals surface area contributed by atoms with Crippen molar-refractivity contribution in [1.82, 2.24) is 25.5 Å². The Kier molecular flexibility index (Phi) is 4.60. The number of rotatable bonds is 5. The lowest BCUT2D eigenvalue weighted by atomic mass is 10.1. The highest BCUT2D eigenvalue weighted by Crippen LogP contribution is 2.14. The van der Waals surface area contributed by atoms with Gasteiger partial charge in [-0.1, -0.05) is 24.3 Å². The van der Waals surface area contributed by atoms with Crippen molar-refractivity contribution in [3.05, 3.63) is 59.4 Å². The summed E-state index contributed by atoms with van der Waals surface area (Å²) in [6, 6.07) is 7.79. The van der Waals surface area contributed by atoms with Gasteiger partial charge in [0.25, 0.3) is 5.89 Å². The van der Waals surface area contributed by atoms with Crippen molar-refractivity contribution in [2.75, 3.05) is 0 Å². The Bertz CT molecular complexity index is 842. The number of carbonyl (C=O) groups is 1. The summed E-state index contributed by atoms with van der Waals surface area (Å²) in [4.78, 5) is 20.3. The van der Waals surface area contributed by atoms with Crippen LogP contribution < -0.4 is 5.32 Å². The molecule has 7 heteroatoms. The molecule has 1 N–H and O–H groups in total. The largest absolute Gasteiger partial charge is 0.417 e. The molecule has 0 unspecified atom stereocenters. The first-order valence-corrected chi connectivity index (χ1v) is 7.54. The summed E-state index contributed by atoms with van der Waals surface area (Å²) < 4.78 is 5.49. The fourth-order valence-electron chi connectivity index (χ4n) is 2.15. The smallest absolute Gasteiger partial charge is 0.267 e. The van der Waals surface area contributed by atoms with E-state index >= 15 is 0 Å². The van der Waals surface area contributed by atoms with Gasteiger partial charge >= 0.3 is 0 Å². The lowest BCUT2D eigenvalue weighted by Crippen LogP contribution is -2.25. The van der Waals surface area contributed by atoms with Gasteiger partial charge in [0, 0.05) is 6.20 Å². The van der Waals surface area contributed by atoms with Gasteiger partial charge in [-0.05, 0) is 25.0 Å². The Morgan fingerprint density at radius 2 is 1.96 bits per heavy atom. The molecule has 0 saturated carbocycles. The molecule has 0 saturated heterocycles. The van der Waals surface area contributed by atoms with Gasteiger partial charge in [-0.3, -0.25) is 9.78 Å². The van der Waals surface area contributed by atoms with E-state index in [2.05, 4.69) is 25.5 Å². The van der Waals surface area contributed by atoms with Gasteiger partial charge in [-0.2, -0.15) is 0 Å². The summed E-state index contributed by atoms with van der Waals surface area (Å²) in [6.07, 6.45) is 3.52. The lowest BCUT2D eigenvalue weighted by molar-refractivity contribution is -0.120. The van der Waals surface area contributed by atoms with E-state index in [0.717, 1.165) is 16.8 Å². The van der Waals surface area contributed by atoms with Crippen LogP contribution in [0.5, 0.6) is 0 Å². The number of benzene rings is 1. The van der Waals surface area contributed by atoms with E-state index in [0.29, 0.717) is 18.0 Å². The van der Waals surface area contributed by atoms with Crippen LogP contribution in [0.25, 0.3) is 11.6 Å². The minimum atomic E-state index is -0.0980. The van der Waals surface area contributed by atoms with Gasteiger partial charge in [-0.15, -0.1) is 10.2 Å². The average Bonchev–Trinajstić information content (AvgIpc) is 3.05. The first kappa shape index (κ1) is 15.8. The molecule has 0 radical (unpaired) electrons. The third-order valence-electron chi connectivity index (χ3n) is 3.52. The Hall–Kier alpha value is -3.09. The summed E-state index contributed by atoms with van der Waals surface area (Å²) in [5.41, 5.74) is 3.40. The fraction of sp³-hybridized carbons (Fsp3) is 0.235. The lowest BCUT2D eigenvalue weighted by Gasteiger charge is -2.05. The maximum absolute atomic E-state index is 12.0. The Labute approximate surface area is 139 Å². The van der Waals surface area contributed by atoms with E-state index in [1.165, 1.54) is 0 Å². The van der Waals surface area contributed by atoms with Gasteiger partial charge in [0.1, 0.15) is 5.69 Å². The molecule has 0 bridgehead atoms. The molecule has 7 nitrogen and oxygen atoms in total. The van der Waals surface area contributed by atoms with Crippen LogP contribution in [-0.2, 0) is 17.8 Å². The normalized spacial score (nSPS) is 10.6. The molecule has 2 aromatic heterocycles. The van der Waals surface area contributed by atoms with Crippen LogP contribution in [0.1, 0.15) is 22.7 Å². The van der Waals surface area contributed by atoms with Gasteiger partial charge in [0.05, 0.1) is 24.9 Å². The zero-order valence-electron chi connectivity index (χ0n) is 13.5. The Morgan fingerprint density at radius 1 is 1.12 bits per heavy atom. The van der Waals surface area contributed by atoms with E-state index in [-0.39, 0.29) is 18.3 Å². The van der Waals surface area contributed by atoms with Crippen molar-refractivity contribution in [1.29, 1.82) is 0 Å². The highest BCUT2D eigenvalue weighted by Gasteiger charge is 2.11. The van der Waals surface area contributed by atoms with E-state index in [9.17, 15) is 4.79 Å². The summed E-state index contributed by atoms with van der Waals surface area (Å²) >= 11 is 0. The predicted molar refractivity (Wildman–Crippen MR) is 86.8 cm³/mol. The second-order valence-electron chi connectivity index (χ2n) is 5.42. The molecule has 0 fully saturated rings. The van der Waals surface area contributed by atoms with Crippen molar-refractivity contribution in [3.8, 4) is 11.6 Å². The Balaban J connectivity index is 1.58. The van der Waals surface area contributed by atoms with Crippen LogP contribution in [-0.4, -0.2) is 26.1 Å². The molecule has 1 aromatic carbocycles. The molecular formula is C17H17N5O2. The molecule has 0 aliphatic rings. The molecule has 24 heavy (non-hydrogen) atoms. The molecule has 0 atom stereocenters. The molecule has 0 aliphatic heterocycles. The third-order valence-corrected chi connectivity index (χ3v) is 3.52. The van der Waals surface area contributed by atoms with Crippen LogP contribution in [0, 0.1) is 13.8 Å². The molecule has 0 aliphatic carbocycles. The van der Waals surface area contributed by atoms with Crippen LogP contribution in [0.3, 0.4) is 0 Å². The van der Waals surface area contributed by atoms with E-state index < -0.39 is 0 Å². The van der Waals surface area contributed by atoms with Crippen molar-refractivity contribution < 1.29 is 9.21 Å². The average molecular weight is 323 g/mol. The minimum absolute atomic E-state index is 0.0980. The van der Waals surface area contributed by atoms with Gasteiger partial charge < -0.3 is 9.73 Å². The SMILES string of the molecule is Cc1cnc(-c2nnc(CNC(=O)Cc3ccccc3C)o2)cn1. The monoisotopic (exact) mass is 323 g/mol. The highest BCUT2D eigenvalue weighted by molar-refractivity contribution is 5.78. The maximum Gasteiger partial charge on any atom is 0.267 e. The molecular weight excluding hydrogens is 306 g/mol. The standard InChI is InChI=1S/C17H17N5O2/c1-11-5-3-4-6-13(11)7-15(23)20-10-16-21-22-17(24-16)14-9-18-12(2)8-19-14/h3-6,8-9H,7,10H2,1-2H3,(H,20,23). The van der Waals surface area contributed by atoms with Crippen LogP contribution >= 0.6 is 0 Å². The summed E-state index contributed by atoms with van der Waals surface area (Å²) in [5, 5.41) is 10.6. The first-order chi connectivity index (χ1) is 11.6. The van der Waals surface area contributed by atoms with Crippen molar-refractivity contribution >= 4 is 5.91 Å². The van der Waals surface area contributed by atoms with Crippen LogP contribution in [0.15, 0.2) is 41.1 Å². The van der Waals surface area contributed by atoms with E-state index in [4.69, 9.17) is 4.42 Å². The number of aromatic nitrogens is 4. The quantitative estimate of drug-likeness (QED) is 0.772. The second kappa shape index (κ2) is 6.99. The number of nitrogens with one attached hydrogen (secondary N) is 1. The van der Waals surface area contributed by atoms with Gasteiger partial charge in [0.2, 0.25) is 11.8 Å². The van der Waals surface area contributed by atoms with Crippen LogP contribution in [0.4, 0.5) is 0 Å². The summed E-state index contributed by atoms with van der Waals surface area (Å²) in [7, 11) is 0. The molecule has 0 spiro atoms. The minimum Gasteiger partial charge on any atom is -0.417 e. The first-order valence-electron chi connectivity index (χ1n) is 7.54. The topological polar surface area (TPSA) is 93.8 Å². The van der Waals surface area contributed by atoms with Crippen molar-refractivity contribution in [2.24, 2.45) is 0 Å². The zero-order valence-corrected chi connectivity index (χ0v) is 13.5. The van der Waals surface area contributed by atoms with Crippen molar-refractivity contribution in [3.63, 3.8) is 0 Å². The number of hydrogen-bond acceptors (Lipinski definition) is 6. The number of amides is 1. The van der Waals surface area contributed by atoms with Crippen LogP contribution in [0.2, 0.25) is 0 Å². The van der Waals surface area contributed by atoms with E-state index in [1.54, 1.807) is 12.4 Å². The summed E-state index contributed by atoms with van der Waals surface area (Å²) in [6.45, 7) is 4.01. The fourth-order valence-corrected chi connectivity index (χ4v) is 2.15. The maximum atomic E-state index is 12.0. The molecule has 3 rings (SSSR count). The third kappa shape index (κ3) is 3.81. The van der Waals surface area contributed by atoms with E-state index in [1.807, 2.05) is 38.1 Å². The van der Waals surface area contributed by atoms with Gasteiger partial charge in [-0.25, -0.2) is 4.98 Å². The number of aryl methyl sites for hydroxylation is 2. The molecule has 1 amide bonds.